The second kappa shape index (κ2) is 4.16. The van der Waals surface area contributed by atoms with E-state index in [1.54, 1.807) is 0 Å². The molecule has 0 aromatic heterocycles. The molecule has 3 heteroatoms. The molecule has 0 spiro atoms. The van der Waals surface area contributed by atoms with E-state index in [0.717, 1.165) is 19.4 Å². The highest BCUT2D eigenvalue weighted by molar-refractivity contribution is 5.85. The first kappa shape index (κ1) is 13.2. The van der Waals surface area contributed by atoms with Gasteiger partial charge in [-0.15, -0.1) is 12.4 Å². The van der Waals surface area contributed by atoms with Crippen LogP contribution in [0.5, 0.6) is 0 Å². The van der Waals surface area contributed by atoms with Crippen LogP contribution in [0.15, 0.2) is 0 Å². The van der Waals surface area contributed by atoms with Crippen LogP contribution in [-0.4, -0.2) is 23.3 Å². The second-order valence-electron chi connectivity index (χ2n) is 5.16. The van der Waals surface area contributed by atoms with Gasteiger partial charge in [0.1, 0.15) is 0 Å². The van der Waals surface area contributed by atoms with Crippen LogP contribution < -0.4 is 5.32 Å². The molecule has 2 nitrogen and oxygen atoms in total. The van der Waals surface area contributed by atoms with Gasteiger partial charge in [0.15, 0.2) is 0 Å². The molecule has 2 N–H and O–H groups in total. The van der Waals surface area contributed by atoms with Gasteiger partial charge >= 0.3 is 0 Å². The van der Waals surface area contributed by atoms with Gasteiger partial charge in [-0.05, 0) is 31.7 Å². The standard InChI is InChI=1S/C10H21NO.ClH/c1-9(2,3)10(4)7-8(12)5-6-11-10;/h8,11-12H,5-7H2,1-4H3;1H. The van der Waals surface area contributed by atoms with E-state index in [9.17, 15) is 5.11 Å². The summed E-state index contributed by atoms with van der Waals surface area (Å²) in [6, 6.07) is 0. The Kier molecular flexibility index (Phi) is 4.23. The van der Waals surface area contributed by atoms with E-state index in [-0.39, 0.29) is 29.5 Å². The molecule has 1 aliphatic rings. The van der Waals surface area contributed by atoms with Crippen molar-refractivity contribution in [2.75, 3.05) is 6.54 Å². The van der Waals surface area contributed by atoms with Crippen molar-refractivity contribution >= 4 is 12.4 Å². The highest BCUT2D eigenvalue weighted by Crippen LogP contribution is 2.36. The van der Waals surface area contributed by atoms with Gasteiger partial charge in [-0.1, -0.05) is 20.8 Å². The van der Waals surface area contributed by atoms with Gasteiger partial charge in [0.25, 0.3) is 0 Å². The van der Waals surface area contributed by atoms with Crippen LogP contribution >= 0.6 is 12.4 Å². The first-order valence-electron chi connectivity index (χ1n) is 4.78. The van der Waals surface area contributed by atoms with Gasteiger partial charge in [-0.2, -0.15) is 0 Å². The third kappa shape index (κ3) is 2.83. The Morgan fingerprint density at radius 3 is 2.23 bits per heavy atom. The Bertz CT molecular complexity index is 167. The van der Waals surface area contributed by atoms with Crippen LogP contribution in [0.25, 0.3) is 0 Å². The van der Waals surface area contributed by atoms with Crippen molar-refractivity contribution in [3.05, 3.63) is 0 Å². The fourth-order valence-electron chi connectivity index (χ4n) is 1.73. The van der Waals surface area contributed by atoms with Gasteiger partial charge in [0.05, 0.1) is 6.10 Å². The van der Waals surface area contributed by atoms with Crippen LogP contribution in [0.4, 0.5) is 0 Å². The van der Waals surface area contributed by atoms with E-state index < -0.39 is 0 Å². The molecule has 0 radical (unpaired) electrons. The average Bonchev–Trinajstić information content (AvgIpc) is 1.83. The maximum atomic E-state index is 9.57. The second-order valence-corrected chi connectivity index (χ2v) is 5.16. The molecule has 1 saturated heterocycles. The number of hydrogen-bond acceptors (Lipinski definition) is 2. The first-order valence-corrected chi connectivity index (χ1v) is 4.78. The zero-order valence-electron chi connectivity index (χ0n) is 9.05. The highest BCUT2D eigenvalue weighted by atomic mass is 35.5. The monoisotopic (exact) mass is 207 g/mol. The number of nitrogens with one attached hydrogen (secondary N) is 1. The largest absolute Gasteiger partial charge is 0.393 e. The van der Waals surface area contributed by atoms with Gasteiger partial charge in [-0.25, -0.2) is 0 Å². The number of aliphatic hydroxyl groups excluding tert-OH is 1. The maximum absolute atomic E-state index is 9.57. The summed E-state index contributed by atoms with van der Waals surface area (Å²) in [4.78, 5) is 0. The smallest absolute Gasteiger partial charge is 0.0570 e. The quantitative estimate of drug-likeness (QED) is 0.637. The SMILES string of the molecule is CC(C)(C)C1(C)CC(O)CCN1.Cl. The summed E-state index contributed by atoms with van der Waals surface area (Å²) in [7, 11) is 0. The fraction of sp³-hybridized carbons (Fsp3) is 1.00. The van der Waals surface area contributed by atoms with Crippen molar-refractivity contribution in [1.29, 1.82) is 0 Å². The predicted molar refractivity (Wildman–Crippen MR) is 58.4 cm³/mol. The molecule has 1 fully saturated rings. The van der Waals surface area contributed by atoms with E-state index >= 15 is 0 Å². The molecule has 0 aliphatic carbocycles. The predicted octanol–water partition coefficient (Wildman–Crippen LogP) is 1.96. The molecular formula is C10H22ClNO. The van der Waals surface area contributed by atoms with Gasteiger partial charge in [-0.3, -0.25) is 0 Å². The number of aliphatic hydroxyl groups is 1. The number of rotatable bonds is 0. The molecule has 2 atom stereocenters. The summed E-state index contributed by atoms with van der Waals surface area (Å²) in [5.74, 6) is 0. The molecule has 2 unspecified atom stereocenters. The summed E-state index contributed by atoms with van der Waals surface area (Å²) >= 11 is 0. The lowest BCUT2D eigenvalue weighted by atomic mass is 9.70. The fourth-order valence-corrected chi connectivity index (χ4v) is 1.73. The van der Waals surface area contributed by atoms with E-state index in [2.05, 4.69) is 33.0 Å². The Morgan fingerprint density at radius 2 is 1.92 bits per heavy atom. The third-order valence-corrected chi connectivity index (χ3v) is 3.29. The summed E-state index contributed by atoms with van der Waals surface area (Å²) in [5.41, 5.74) is 0.305. The van der Waals surface area contributed by atoms with Crippen molar-refractivity contribution in [3.63, 3.8) is 0 Å². The molecule has 1 rings (SSSR count). The zero-order valence-corrected chi connectivity index (χ0v) is 9.87. The molecule has 80 valence electrons. The van der Waals surface area contributed by atoms with Crippen LogP contribution in [0.1, 0.15) is 40.5 Å². The molecule has 0 aromatic rings. The maximum Gasteiger partial charge on any atom is 0.0570 e. The minimum atomic E-state index is -0.115. The number of piperidine rings is 1. The van der Waals surface area contributed by atoms with E-state index in [1.165, 1.54) is 0 Å². The molecule has 0 bridgehead atoms. The van der Waals surface area contributed by atoms with Gasteiger partial charge in [0.2, 0.25) is 0 Å². The van der Waals surface area contributed by atoms with Gasteiger partial charge in [0, 0.05) is 5.54 Å². The first-order chi connectivity index (χ1) is 5.35. The van der Waals surface area contributed by atoms with Crippen LogP contribution in [0.2, 0.25) is 0 Å². The lowest BCUT2D eigenvalue weighted by molar-refractivity contribution is 0.0308. The highest BCUT2D eigenvalue weighted by Gasteiger charge is 2.40. The Balaban J connectivity index is 0.00000144. The van der Waals surface area contributed by atoms with Crippen molar-refractivity contribution in [2.24, 2.45) is 5.41 Å². The molecule has 0 amide bonds. The number of halogens is 1. The normalized spacial score (nSPS) is 35.3. The minimum absolute atomic E-state index is 0. The Hall–Kier alpha value is 0.210. The number of hydrogen-bond donors (Lipinski definition) is 2. The minimum Gasteiger partial charge on any atom is -0.393 e. The van der Waals surface area contributed by atoms with Crippen LogP contribution in [-0.2, 0) is 0 Å². The third-order valence-electron chi connectivity index (χ3n) is 3.29. The molecule has 1 aliphatic heterocycles. The summed E-state index contributed by atoms with van der Waals surface area (Å²) < 4.78 is 0. The van der Waals surface area contributed by atoms with E-state index in [4.69, 9.17) is 0 Å². The zero-order chi connectivity index (χ0) is 9.41. The lowest BCUT2D eigenvalue weighted by Crippen LogP contribution is -2.58. The summed E-state index contributed by atoms with van der Waals surface area (Å²) in [6.07, 6.45) is 1.65. The molecule has 0 aromatic carbocycles. The van der Waals surface area contributed by atoms with Gasteiger partial charge < -0.3 is 10.4 Å². The van der Waals surface area contributed by atoms with Crippen LogP contribution in [0, 0.1) is 5.41 Å². The lowest BCUT2D eigenvalue weighted by Gasteiger charge is -2.47. The van der Waals surface area contributed by atoms with Crippen molar-refractivity contribution < 1.29 is 5.11 Å². The Labute approximate surface area is 87.5 Å². The van der Waals surface area contributed by atoms with Crippen molar-refractivity contribution in [1.82, 2.24) is 5.32 Å². The van der Waals surface area contributed by atoms with Crippen molar-refractivity contribution in [2.45, 2.75) is 52.2 Å². The molecule has 0 saturated carbocycles. The van der Waals surface area contributed by atoms with E-state index in [1.807, 2.05) is 0 Å². The van der Waals surface area contributed by atoms with Crippen molar-refractivity contribution in [3.8, 4) is 0 Å². The summed E-state index contributed by atoms with van der Waals surface area (Å²) in [5, 5.41) is 13.1. The summed E-state index contributed by atoms with van der Waals surface area (Å²) in [6.45, 7) is 9.80. The van der Waals surface area contributed by atoms with E-state index in [0.29, 0.717) is 0 Å². The molecule has 1 heterocycles. The topological polar surface area (TPSA) is 32.3 Å². The molecular weight excluding hydrogens is 186 g/mol. The average molecular weight is 208 g/mol. The van der Waals surface area contributed by atoms with Crippen LogP contribution in [0.3, 0.4) is 0 Å². The molecule has 13 heavy (non-hydrogen) atoms. The Morgan fingerprint density at radius 1 is 1.38 bits per heavy atom.